The minimum Gasteiger partial charge on any atom is -0.287 e. The summed E-state index contributed by atoms with van der Waals surface area (Å²) < 4.78 is 0. The summed E-state index contributed by atoms with van der Waals surface area (Å²) in [5.74, 6) is 0. The molecule has 1 rings (SSSR count). The average Bonchev–Trinajstić information content (AvgIpc) is 2.59. The number of hydrogen-bond acceptors (Lipinski definition) is 1. The Morgan fingerprint density at radius 1 is 0.773 bits per heavy atom. The minimum absolute atomic E-state index is 0.267. The van der Waals surface area contributed by atoms with Gasteiger partial charge >= 0.3 is 0 Å². The van der Waals surface area contributed by atoms with Gasteiger partial charge in [-0.1, -0.05) is 58.0 Å². The lowest BCUT2D eigenvalue weighted by atomic mass is 9.82. The fourth-order valence-electron chi connectivity index (χ4n) is 3.67. The molecule has 0 N–H and O–H groups in total. The fourth-order valence-corrected chi connectivity index (χ4v) is 5.26. The molecular weight excluding hydrogens is 304 g/mol. The van der Waals surface area contributed by atoms with Crippen LogP contribution in [0.25, 0.3) is 0 Å². The molecule has 0 aliphatic carbocycles. The average molecular weight is 339 g/mol. The predicted molar refractivity (Wildman–Crippen MR) is 108 cm³/mol. The van der Waals surface area contributed by atoms with Crippen LogP contribution in [0.2, 0.25) is 0 Å². The van der Waals surface area contributed by atoms with Gasteiger partial charge in [-0.25, -0.2) is 0 Å². The van der Waals surface area contributed by atoms with E-state index in [0.717, 1.165) is 18.9 Å². The highest BCUT2D eigenvalue weighted by molar-refractivity contribution is 7.16. The quantitative estimate of drug-likeness (QED) is 0.519. The fraction of sp³-hybridized carbons (Fsp3) is 0.684. The highest BCUT2D eigenvalue weighted by Gasteiger charge is 2.43. The van der Waals surface area contributed by atoms with Crippen LogP contribution in [0.4, 0.5) is 0 Å². The van der Waals surface area contributed by atoms with Gasteiger partial charge in [-0.15, -0.1) is 18.5 Å². The van der Waals surface area contributed by atoms with Crippen LogP contribution in [0, 0.1) is 0 Å². The first-order valence-electron chi connectivity index (χ1n) is 8.79. The summed E-state index contributed by atoms with van der Waals surface area (Å²) in [7, 11) is 6.04. The van der Waals surface area contributed by atoms with Gasteiger partial charge in [0.05, 0.1) is 0 Å². The molecule has 0 heterocycles. The summed E-state index contributed by atoms with van der Waals surface area (Å²) in [6, 6.07) is 11.0. The minimum atomic E-state index is 0.267. The second kappa shape index (κ2) is 9.36. The van der Waals surface area contributed by atoms with E-state index in [1.165, 1.54) is 31.2 Å². The standard InChI is InChI=1S/C19H35NP2/c1-5-18(6-2,15-21)20(19(7-3,8-4)16-22)14-17-12-10-9-11-13-17/h9-13H,5-8,14-16,21-22H2,1-4H3. The number of hydrogen-bond donors (Lipinski definition) is 0. The summed E-state index contributed by atoms with van der Waals surface area (Å²) in [6.45, 7) is 10.5. The Bertz CT molecular complexity index is 374. The van der Waals surface area contributed by atoms with E-state index >= 15 is 0 Å². The van der Waals surface area contributed by atoms with Gasteiger partial charge in [0.25, 0.3) is 0 Å². The normalized spacial score (nSPS) is 12.9. The van der Waals surface area contributed by atoms with Crippen LogP contribution in [-0.4, -0.2) is 28.3 Å². The van der Waals surface area contributed by atoms with E-state index in [4.69, 9.17) is 0 Å². The molecule has 126 valence electrons. The van der Waals surface area contributed by atoms with Crippen molar-refractivity contribution >= 4 is 18.5 Å². The zero-order valence-corrected chi connectivity index (χ0v) is 17.2. The smallest absolute Gasteiger partial charge is 0.0247 e. The molecule has 0 bridgehead atoms. The van der Waals surface area contributed by atoms with E-state index in [1.54, 1.807) is 0 Å². The molecule has 0 radical (unpaired) electrons. The lowest BCUT2D eigenvalue weighted by Gasteiger charge is -2.54. The molecule has 0 aliphatic rings. The van der Waals surface area contributed by atoms with E-state index < -0.39 is 0 Å². The van der Waals surface area contributed by atoms with Crippen LogP contribution in [0.15, 0.2) is 30.3 Å². The third-order valence-corrected chi connectivity index (χ3v) is 7.24. The topological polar surface area (TPSA) is 3.24 Å². The van der Waals surface area contributed by atoms with Crippen molar-refractivity contribution in [3.8, 4) is 0 Å². The molecule has 22 heavy (non-hydrogen) atoms. The second-order valence-electron chi connectivity index (χ2n) is 6.34. The largest absolute Gasteiger partial charge is 0.287 e. The van der Waals surface area contributed by atoms with Gasteiger partial charge in [-0.3, -0.25) is 4.90 Å². The van der Waals surface area contributed by atoms with E-state index in [-0.39, 0.29) is 11.1 Å². The lowest BCUT2D eigenvalue weighted by molar-refractivity contribution is -0.0174. The first-order chi connectivity index (χ1) is 10.6. The summed E-state index contributed by atoms with van der Waals surface area (Å²) in [6.07, 6.45) is 7.08. The molecule has 0 aliphatic heterocycles. The van der Waals surface area contributed by atoms with Gasteiger partial charge in [-0.05, 0) is 43.6 Å². The van der Waals surface area contributed by atoms with Crippen molar-refractivity contribution in [1.29, 1.82) is 0 Å². The monoisotopic (exact) mass is 339 g/mol. The Morgan fingerprint density at radius 2 is 1.18 bits per heavy atom. The van der Waals surface area contributed by atoms with E-state index in [9.17, 15) is 0 Å². The van der Waals surface area contributed by atoms with Gasteiger partial charge in [0.1, 0.15) is 0 Å². The van der Waals surface area contributed by atoms with Crippen LogP contribution in [0.1, 0.15) is 58.9 Å². The molecule has 1 aromatic rings. The Balaban J connectivity index is 3.30. The number of nitrogens with zero attached hydrogens (tertiary/aromatic N) is 1. The van der Waals surface area contributed by atoms with Crippen LogP contribution >= 0.6 is 18.5 Å². The lowest BCUT2D eigenvalue weighted by Crippen LogP contribution is -2.61. The van der Waals surface area contributed by atoms with E-state index in [0.29, 0.717) is 0 Å². The van der Waals surface area contributed by atoms with Crippen molar-refractivity contribution in [2.75, 3.05) is 12.3 Å². The third kappa shape index (κ3) is 4.11. The molecule has 0 amide bonds. The SMILES string of the molecule is CCC(CC)(CP)N(Cc1ccccc1)C(CC)(CC)CP. The second-order valence-corrected chi connectivity index (χ2v) is 7.16. The van der Waals surface area contributed by atoms with Crippen LogP contribution in [0.5, 0.6) is 0 Å². The third-order valence-electron chi connectivity index (χ3n) is 5.72. The highest BCUT2D eigenvalue weighted by atomic mass is 31.0. The number of rotatable bonds is 10. The van der Waals surface area contributed by atoms with Crippen molar-refractivity contribution in [3.63, 3.8) is 0 Å². The van der Waals surface area contributed by atoms with Gasteiger partial charge in [0.2, 0.25) is 0 Å². The van der Waals surface area contributed by atoms with Crippen molar-refractivity contribution < 1.29 is 0 Å². The highest BCUT2D eigenvalue weighted by Crippen LogP contribution is 2.39. The van der Waals surface area contributed by atoms with Crippen LogP contribution in [0.3, 0.4) is 0 Å². The van der Waals surface area contributed by atoms with E-state index in [1.807, 2.05) is 0 Å². The summed E-state index contributed by atoms with van der Waals surface area (Å²) in [5, 5.41) is 0. The van der Waals surface area contributed by atoms with Crippen molar-refractivity contribution in [2.45, 2.75) is 71.0 Å². The molecule has 1 aromatic carbocycles. The van der Waals surface area contributed by atoms with Crippen molar-refractivity contribution in [1.82, 2.24) is 4.90 Å². The Morgan fingerprint density at radius 3 is 1.50 bits per heavy atom. The van der Waals surface area contributed by atoms with Gasteiger partial charge in [-0.2, -0.15) is 0 Å². The van der Waals surface area contributed by atoms with Crippen LogP contribution in [-0.2, 0) is 6.54 Å². The molecule has 0 spiro atoms. The maximum atomic E-state index is 3.02. The Kier molecular flexibility index (Phi) is 8.55. The summed E-state index contributed by atoms with van der Waals surface area (Å²) in [4.78, 5) is 2.83. The van der Waals surface area contributed by atoms with Crippen LogP contribution < -0.4 is 0 Å². The molecule has 2 atom stereocenters. The Hall–Kier alpha value is 0.0400. The molecule has 0 aromatic heterocycles. The van der Waals surface area contributed by atoms with Crippen molar-refractivity contribution in [3.05, 3.63) is 35.9 Å². The zero-order chi connectivity index (χ0) is 16.6. The maximum absolute atomic E-state index is 3.02. The van der Waals surface area contributed by atoms with Gasteiger partial charge in [0, 0.05) is 17.6 Å². The molecule has 0 saturated heterocycles. The summed E-state index contributed by atoms with van der Waals surface area (Å²) >= 11 is 0. The molecule has 0 saturated carbocycles. The number of benzene rings is 1. The molecule has 3 heteroatoms. The Labute approximate surface area is 143 Å². The maximum Gasteiger partial charge on any atom is 0.0247 e. The molecular formula is C19H35NP2. The summed E-state index contributed by atoms with van der Waals surface area (Å²) in [5.41, 5.74) is 1.96. The molecule has 2 unspecified atom stereocenters. The first kappa shape index (κ1) is 20.1. The molecule has 0 fully saturated rings. The van der Waals surface area contributed by atoms with Gasteiger partial charge in [0.15, 0.2) is 0 Å². The van der Waals surface area contributed by atoms with Gasteiger partial charge < -0.3 is 0 Å². The molecule has 1 nitrogen and oxygen atoms in total. The van der Waals surface area contributed by atoms with Crippen molar-refractivity contribution in [2.24, 2.45) is 0 Å². The van der Waals surface area contributed by atoms with E-state index in [2.05, 4.69) is 81.4 Å². The first-order valence-corrected chi connectivity index (χ1v) is 10.4. The zero-order valence-electron chi connectivity index (χ0n) is 14.9. The predicted octanol–water partition coefficient (Wildman–Crippen LogP) is 5.36.